The molecule has 0 aliphatic carbocycles. The van der Waals surface area contributed by atoms with Crippen LogP contribution in [0.4, 0.5) is 11.4 Å². The van der Waals surface area contributed by atoms with Gasteiger partial charge in [-0.25, -0.2) is 4.68 Å². The van der Waals surface area contributed by atoms with E-state index in [2.05, 4.69) is 65.5 Å². The Morgan fingerprint density at radius 1 is 0.893 bits per heavy atom. The van der Waals surface area contributed by atoms with E-state index in [1.165, 1.54) is 15.1 Å². The summed E-state index contributed by atoms with van der Waals surface area (Å²) >= 11 is 3.43. The predicted octanol–water partition coefficient (Wildman–Crippen LogP) is 2.99. The molecule has 1 unspecified atom stereocenters. The highest BCUT2D eigenvalue weighted by atomic mass is 79.9. The first-order valence-electron chi connectivity index (χ1n) is 19.8. The molecule has 14 nitrogen and oxygen atoms in total. The van der Waals surface area contributed by atoms with E-state index in [0.717, 1.165) is 89.4 Å². The molecular formula is C41H50BrN9O5. The zero-order valence-corrected chi connectivity index (χ0v) is 33.7. The number of benzene rings is 2. The third-order valence-electron chi connectivity index (χ3n) is 12.4. The van der Waals surface area contributed by atoms with Crippen molar-refractivity contribution in [3.8, 4) is 0 Å². The van der Waals surface area contributed by atoms with Crippen molar-refractivity contribution >= 4 is 50.9 Å². The fraction of sp³-hybridized carbons (Fsp3) is 0.512. The van der Waals surface area contributed by atoms with Crippen molar-refractivity contribution in [3.05, 3.63) is 85.7 Å². The molecule has 8 rings (SSSR count). The number of aryl methyl sites for hydroxylation is 1. The highest BCUT2D eigenvalue weighted by Crippen LogP contribution is 2.32. The lowest BCUT2D eigenvalue weighted by molar-refractivity contribution is -0.123. The number of imide groups is 1. The number of piperidine rings is 3. The van der Waals surface area contributed by atoms with Crippen LogP contribution >= 0.6 is 15.9 Å². The normalized spacial score (nSPS) is 24.0. The van der Waals surface area contributed by atoms with Gasteiger partial charge >= 0.3 is 0 Å². The molecular weight excluding hydrogens is 778 g/mol. The van der Waals surface area contributed by atoms with Gasteiger partial charge in [0.05, 0.1) is 29.1 Å². The maximum atomic E-state index is 13.6. The molecule has 4 amide bonds. The molecule has 0 radical (unpaired) electrons. The average molecular weight is 829 g/mol. The quantitative estimate of drug-likeness (QED) is 0.326. The van der Waals surface area contributed by atoms with Gasteiger partial charge in [0.1, 0.15) is 4.47 Å². The minimum atomic E-state index is -0.307. The van der Waals surface area contributed by atoms with E-state index >= 15 is 0 Å². The van der Waals surface area contributed by atoms with E-state index in [0.29, 0.717) is 52.5 Å². The summed E-state index contributed by atoms with van der Waals surface area (Å²) in [4.78, 5) is 74.4. The lowest BCUT2D eigenvalue weighted by atomic mass is 9.87. The van der Waals surface area contributed by atoms with E-state index in [4.69, 9.17) is 0 Å². The van der Waals surface area contributed by atoms with Crippen LogP contribution in [-0.2, 0) is 11.8 Å². The van der Waals surface area contributed by atoms with Crippen LogP contribution in [0, 0.1) is 5.92 Å². The van der Waals surface area contributed by atoms with Crippen LogP contribution in [0.3, 0.4) is 0 Å². The van der Waals surface area contributed by atoms with Gasteiger partial charge in [-0.3, -0.25) is 33.8 Å². The Morgan fingerprint density at radius 2 is 1.62 bits per heavy atom. The van der Waals surface area contributed by atoms with E-state index in [-0.39, 0.29) is 41.3 Å². The zero-order chi connectivity index (χ0) is 39.1. The van der Waals surface area contributed by atoms with Crippen molar-refractivity contribution < 1.29 is 19.2 Å². The van der Waals surface area contributed by atoms with Gasteiger partial charge in [0.25, 0.3) is 23.3 Å². The third-order valence-corrected chi connectivity index (χ3v) is 13.1. The Labute approximate surface area is 335 Å². The van der Waals surface area contributed by atoms with E-state index in [9.17, 15) is 24.0 Å². The molecule has 15 heteroatoms. The fourth-order valence-corrected chi connectivity index (χ4v) is 9.64. The smallest absolute Gasteiger partial charge is 0.282 e. The van der Waals surface area contributed by atoms with Gasteiger partial charge < -0.3 is 25.3 Å². The molecule has 296 valence electrons. The molecule has 0 bridgehead atoms. The van der Waals surface area contributed by atoms with Gasteiger partial charge in [0, 0.05) is 96.2 Å². The molecule has 0 saturated carbocycles. The molecule has 6 heterocycles. The Balaban J connectivity index is 0.792. The first kappa shape index (κ1) is 38.3. The lowest BCUT2D eigenvalue weighted by Crippen LogP contribution is -2.50. The number of fused-ring (bicyclic) bond motifs is 1. The standard InChI is InChI=1S/C41H50BrN9O5/c1-46-24-29(19-30(25-46)45-35-22-44-47(2)41(56)37(35)42)27-3-5-28(6-4-27)38(53)50-13-11-26(12-14-50)23-48-15-17-49(18-16-48)31-7-9-33-34(20-31)40(55)51(39(33)54)32-8-10-36(52)43-21-32/h3-7,9,20,22,26,29-30,32,45H,8,10-19,21,23-25H2,1-2H3,(H,43,52)/t29-,30+,32?/m1/s1. The molecule has 2 aromatic carbocycles. The largest absolute Gasteiger partial charge is 0.379 e. The maximum absolute atomic E-state index is 13.6. The fourth-order valence-electron chi connectivity index (χ4n) is 9.17. The number of hydrogen-bond acceptors (Lipinski definition) is 10. The summed E-state index contributed by atoms with van der Waals surface area (Å²) in [5.41, 5.74) is 4.31. The number of rotatable bonds is 8. The number of carbonyl (C=O) groups excluding carboxylic acids is 4. The Hall–Kier alpha value is -4.60. The number of nitrogens with zero attached hydrogens (tertiary/aromatic N) is 7. The molecule has 4 fully saturated rings. The number of amides is 4. The summed E-state index contributed by atoms with van der Waals surface area (Å²) in [6, 6.07) is 13.6. The minimum absolute atomic E-state index is 0.0433. The second-order valence-corrected chi connectivity index (χ2v) is 16.9. The van der Waals surface area contributed by atoms with Crippen LogP contribution in [0.5, 0.6) is 0 Å². The second kappa shape index (κ2) is 16.1. The summed E-state index contributed by atoms with van der Waals surface area (Å²) in [5, 5.41) is 10.5. The molecule has 3 aromatic rings. The first-order chi connectivity index (χ1) is 27.0. The summed E-state index contributed by atoms with van der Waals surface area (Å²) in [5.74, 6) is 0.335. The van der Waals surface area contributed by atoms with Crippen LogP contribution in [0.2, 0.25) is 0 Å². The first-order valence-corrected chi connectivity index (χ1v) is 20.6. The van der Waals surface area contributed by atoms with Gasteiger partial charge in [-0.2, -0.15) is 5.10 Å². The Bertz CT molecular complexity index is 2050. The Kier molecular flexibility index (Phi) is 11.0. The number of likely N-dealkylation sites (N-methyl/N-ethyl adjacent to an activating group) is 1. The molecule has 56 heavy (non-hydrogen) atoms. The third kappa shape index (κ3) is 7.85. The minimum Gasteiger partial charge on any atom is -0.379 e. The number of piperazine rings is 1. The second-order valence-electron chi connectivity index (χ2n) is 16.1. The van der Waals surface area contributed by atoms with Gasteiger partial charge in [-0.05, 0) is 96.4 Å². The van der Waals surface area contributed by atoms with Gasteiger partial charge in [-0.1, -0.05) is 12.1 Å². The van der Waals surface area contributed by atoms with Crippen molar-refractivity contribution in [2.24, 2.45) is 13.0 Å². The predicted molar refractivity (Wildman–Crippen MR) is 216 cm³/mol. The number of anilines is 2. The number of aromatic nitrogens is 2. The highest BCUT2D eigenvalue weighted by Gasteiger charge is 2.41. The van der Waals surface area contributed by atoms with Crippen LogP contribution in [0.15, 0.2) is 57.9 Å². The SMILES string of the molecule is CN1C[C@@H](Nc2cnn(C)c(=O)c2Br)C[C@@H](c2ccc(C(=O)N3CCC(CN4CCN(c5ccc6c(c5)C(=O)N(C5CCC(=O)NC5)C6=O)CC4)CC3)cc2)C1. The average Bonchev–Trinajstić information content (AvgIpc) is 3.46. The van der Waals surface area contributed by atoms with Crippen LogP contribution in [0.1, 0.15) is 74.7 Å². The monoisotopic (exact) mass is 827 g/mol. The topological polar surface area (TPSA) is 143 Å². The lowest BCUT2D eigenvalue weighted by Gasteiger charge is -2.39. The van der Waals surface area contributed by atoms with Crippen molar-refractivity contribution in [3.63, 3.8) is 0 Å². The summed E-state index contributed by atoms with van der Waals surface area (Å²) in [7, 11) is 3.74. The van der Waals surface area contributed by atoms with Crippen LogP contribution in [-0.4, -0.2) is 138 Å². The number of likely N-dealkylation sites (tertiary alicyclic amines) is 2. The van der Waals surface area contributed by atoms with Crippen molar-refractivity contribution in [1.82, 2.24) is 34.7 Å². The molecule has 3 atom stereocenters. The van der Waals surface area contributed by atoms with Crippen molar-refractivity contribution in [1.29, 1.82) is 0 Å². The van der Waals surface area contributed by atoms with E-state index < -0.39 is 0 Å². The molecule has 4 saturated heterocycles. The molecule has 1 aromatic heterocycles. The van der Waals surface area contributed by atoms with Gasteiger partial charge in [-0.15, -0.1) is 0 Å². The summed E-state index contributed by atoms with van der Waals surface area (Å²) < 4.78 is 1.80. The number of nitrogens with one attached hydrogen (secondary N) is 2. The number of carbonyl (C=O) groups is 4. The van der Waals surface area contributed by atoms with Gasteiger partial charge in [0.2, 0.25) is 5.91 Å². The maximum Gasteiger partial charge on any atom is 0.282 e. The zero-order valence-electron chi connectivity index (χ0n) is 32.1. The molecule has 0 spiro atoms. The highest BCUT2D eigenvalue weighted by molar-refractivity contribution is 9.10. The molecule has 5 aliphatic rings. The molecule has 5 aliphatic heterocycles. The van der Waals surface area contributed by atoms with Crippen LogP contribution in [0.25, 0.3) is 0 Å². The van der Waals surface area contributed by atoms with Crippen molar-refractivity contribution in [2.75, 3.05) is 82.7 Å². The number of halogens is 1. The van der Waals surface area contributed by atoms with E-state index in [1.807, 2.05) is 29.2 Å². The van der Waals surface area contributed by atoms with E-state index in [1.54, 1.807) is 19.3 Å². The number of hydrogen-bond donors (Lipinski definition) is 2. The Morgan fingerprint density at radius 3 is 2.34 bits per heavy atom. The summed E-state index contributed by atoms with van der Waals surface area (Å²) in [6.07, 6.45) is 5.36. The van der Waals surface area contributed by atoms with Crippen LogP contribution < -0.4 is 21.1 Å². The summed E-state index contributed by atoms with van der Waals surface area (Å²) in [6.45, 7) is 8.11. The van der Waals surface area contributed by atoms with Gasteiger partial charge in [0.15, 0.2) is 0 Å². The molecule has 2 N–H and O–H groups in total. The van der Waals surface area contributed by atoms with Crippen molar-refractivity contribution in [2.45, 2.75) is 50.1 Å².